The molecule has 0 spiro atoms. The summed E-state index contributed by atoms with van der Waals surface area (Å²) in [4.78, 5) is 2.57. The minimum atomic E-state index is -3.70. The van der Waals surface area contributed by atoms with Gasteiger partial charge >= 0.3 is 0 Å². The molecule has 1 saturated heterocycles. The Morgan fingerprint density at radius 1 is 1.07 bits per heavy atom. The summed E-state index contributed by atoms with van der Waals surface area (Å²) >= 11 is 0. The largest absolute Gasteiger partial charge is 0.490 e. The molecule has 2 aliphatic heterocycles. The number of anilines is 1. The highest BCUT2D eigenvalue weighted by atomic mass is 32.2. The summed E-state index contributed by atoms with van der Waals surface area (Å²) in [5, 5.41) is 3.30. The molecule has 30 heavy (non-hydrogen) atoms. The number of rotatable bonds is 7. The summed E-state index contributed by atoms with van der Waals surface area (Å²) in [6.45, 7) is 5.42. The van der Waals surface area contributed by atoms with Crippen molar-refractivity contribution in [1.29, 1.82) is 0 Å². The molecule has 2 aliphatic rings. The molecule has 0 unspecified atom stereocenters. The summed E-state index contributed by atoms with van der Waals surface area (Å²) < 4.78 is 40.4. The highest BCUT2D eigenvalue weighted by Gasteiger charge is 2.31. The number of hydrogen-bond donors (Lipinski definition) is 2. The van der Waals surface area contributed by atoms with Crippen molar-refractivity contribution in [3.8, 4) is 5.75 Å². The van der Waals surface area contributed by atoms with E-state index in [-0.39, 0.29) is 10.9 Å². The van der Waals surface area contributed by atoms with Crippen LogP contribution in [0.15, 0.2) is 53.4 Å². The van der Waals surface area contributed by atoms with E-state index in [9.17, 15) is 8.42 Å². The summed E-state index contributed by atoms with van der Waals surface area (Å²) in [6.07, 6.45) is 1.50. The van der Waals surface area contributed by atoms with Crippen LogP contribution in [0.1, 0.15) is 12.0 Å². The maximum absolute atomic E-state index is 13.1. The lowest BCUT2D eigenvalue weighted by atomic mass is 10.1. The quantitative estimate of drug-likeness (QED) is 0.654. The van der Waals surface area contributed by atoms with Crippen molar-refractivity contribution < 1.29 is 17.9 Å². The molecular weight excluding hydrogens is 402 g/mol. The van der Waals surface area contributed by atoms with Crippen LogP contribution in [0, 0.1) is 0 Å². The van der Waals surface area contributed by atoms with Crippen molar-refractivity contribution in [1.82, 2.24) is 9.62 Å². The van der Waals surface area contributed by atoms with Crippen molar-refractivity contribution >= 4 is 15.7 Å². The van der Waals surface area contributed by atoms with E-state index in [4.69, 9.17) is 9.47 Å². The van der Waals surface area contributed by atoms with Crippen LogP contribution in [-0.2, 0) is 21.2 Å². The van der Waals surface area contributed by atoms with Crippen LogP contribution in [0.4, 0.5) is 5.69 Å². The van der Waals surface area contributed by atoms with Crippen LogP contribution < -0.4 is 14.8 Å². The van der Waals surface area contributed by atoms with Crippen molar-refractivity contribution in [2.75, 3.05) is 51.3 Å². The molecular formula is C22H29N3O4S. The SMILES string of the molecule is O=S1(=O)N[C@@H](Cc2ccccc2)COc2cccc(NCCCN3CCOCC3)c21. The second kappa shape index (κ2) is 9.78. The molecule has 0 aliphatic carbocycles. The first-order valence-electron chi connectivity index (χ1n) is 10.5. The summed E-state index contributed by atoms with van der Waals surface area (Å²) in [5.41, 5.74) is 1.66. The zero-order chi connectivity index (χ0) is 20.8. The smallest absolute Gasteiger partial charge is 0.246 e. The molecule has 8 heteroatoms. The predicted octanol–water partition coefficient (Wildman–Crippen LogP) is 2.10. The second-order valence-corrected chi connectivity index (χ2v) is 9.34. The van der Waals surface area contributed by atoms with Crippen LogP contribution in [0.3, 0.4) is 0 Å². The van der Waals surface area contributed by atoms with Crippen molar-refractivity contribution in [2.45, 2.75) is 23.8 Å². The minimum Gasteiger partial charge on any atom is -0.490 e. The molecule has 162 valence electrons. The van der Waals surface area contributed by atoms with Crippen molar-refractivity contribution in [2.24, 2.45) is 0 Å². The van der Waals surface area contributed by atoms with Gasteiger partial charge < -0.3 is 14.8 Å². The van der Waals surface area contributed by atoms with Gasteiger partial charge in [-0.15, -0.1) is 0 Å². The lowest BCUT2D eigenvalue weighted by Crippen LogP contribution is -2.38. The third-order valence-electron chi connectivity index (χ3n) is 5.40. The Balaban J connectivity index is 1.41. The number of benzene rings is 2. The predicted molar refractivity (Wildman–Crippen MR) is 117 cm³/mol. The van der Waals surface area contributed by atoms with E-state index in [1.165, 1.54) is 0 Å². The third-order valence-corrected chi connectivity index (χ3v) is 7.01. The lowest BCUT2D eigenvalue weighted by molar-refractivity contribution is 0.0378. The molecule has 0 aromatic heterocycles. The first-order chi connectivity index (χ1) is 14.6. The van der Waals surface area contributed by atoms with E-state index in [2.05, 4.69) is 14.9 Å². The number of nitrogens with zero attached hydrogens (tertiary/aromatic N) is 1. The molecule has 0 radical (unpaired) electrons. The van der Waals surface area contributed by atoms with Crippen LogP contribution >= 0.6 is 0 Å². The zero-order valence-corrected chi connectivity index (χ0v) is 17.9. The fourth-order valence-corrected chi connectivity index (χ4v) is 5.43. The van der Waals surface area contributed by atoms with E-state index in [1.54, 1.807) is 12.1 Å². The van der Waals surface area contributed by atoms with Gasteiger partial charge in [0.2, 0.25) is 10.0 Å². The summed E-state index contributed by atoms with van der Waals surface area (Å²) in [5.74, 6) is 0.399. The molecule has 0 bridgehead atoms. The summed E-state index contributed by atoms with van der Waals surface area (Å²) in [6, 6.07) is 14.9. The van der Waals surface area contributed by atoms with Crippen LogP contribution in [0.25, 0.3) is 0 Å². The Bertz CT molecular complexity index is 931. The first-order valence-corrected chi connectivity index (χ1v) is 12.0. The van der Waals surface area contributed by atoms with E-state index in [1.807, 2.05) is 36.4 Å². The Hall–Kier alpha value is -2.13. The van der Waals surface area contributed by atoms with E-state index >= 15 is 0 Å². The van der Waals surface area contributed by atoms with Crippen LogP contribution in [0.2, 0.25) is 0 Å². The van der Waals surface area contributed by atoms with Crippen LogP contribution in [0.5, 0.6) is 5.75 Å². The highest BCUT2D eigenvalue weighted by molar-refractivity contribution is 7.89. The van der Waals surface area contributed by atoms with Gasteiger partial charge in [-0.05, 0) is 37.1 Å². The van der Waals surface area contributed by atoms with Gasteiger partial charge in [0.05, 0.1) is 24.9 Å². The third kappa shape index (κ3) is 5.31. The van der Waals surface area contributed by atoms with Gasteiger partial charge in [0.15, 0.2) is 0 Å². The average Bonchev–Trinajstić information content (AvgIpc) is 2.88. The number of ether oxygens (including phenoxy) is 2. The van der Waals surface area contributed by atoms with E-state index in [0.717, 1.165) is 44.8 Å². The van der Waals surface area contributed by atoms with E-state index in [0.29, 0.717) is 31.0 Å². The average molecular weight is 432 g/mol. The van der Waals surface area contributed by atoms with Crippen LogP contribution in [-0.4, -0.2) is 65.4 Å². The van der Waals surface area contributed by atoms with Gasteiger partial charge in [0.1, 0.15) is 17.3 Å². The van der Waals surface area contributed by atoms with Crippen molar-refractivity contribution in [3.63, 3.8) is 0 Å². The number of morpholine rings is 1. The number of sulfonamides is 1. The van der Waals surface area contributed by atoms with Crippen molar-refractivity contribution in [3.05, 3.63) is 54.1 Å². The Kier molecular flexibility index (Phi) is 6.89. The molecule has 2 aromatic carbocycles. The molecule has 2 heterocycles. The standard InChI is InChI=1S/C22H29N3O4S/c26-30(27)22-20(23-10-5-11-25-12-14-28-15-13-25)8-4-9-21(22)29-17-19(24-30)16-18-6-2-1-3-7-18/h1-4,6-9,19,23-24H,5,10-17H2/t19-/m0/s1. The summed E-state index contributed by atoms with van der Waals surface area (Å²) in [7, 11) is -3.70. The zero-order valence-electron chi connectivity index (χ0n) is 17.0. The fraction of sp³-hybridized carbons (Fsp3) is 0.455. The molecule has 2 N–H and O–H groups in total. The molecule has 2 aromatic rings. The van der Waals surface area contributed by atoms with Gasteiger partial charge in [-0.25, -0.2) is 13.1 Å². The highest BCUT2D eigenvalue weighted by Crippen LogP contribution is 2.33. The molecule has 7 nitrogen and oxygen atoms in total. The van der Waals surface area contributed by atoms with Gasteiger partial charge in [-0.2, -0.15) is 0 Å². The topological polar surface area (TPSA) is 79.9 Å². The Labute approximate surface area is 178 Å². The fourth-order valence-electron chi connectivity index (χ4n) is 3.90. The molecule has 0 saturated carbocycles. The normalized spacial score (nSPS) is 21.3. The molecule has 0 amide bonds. The number of nitrogens with one attached hydrogen (secondary N) is 2. The molecule has 4 rings (SSSR count). The van der Waals surface area contributed by atoms with Gasteiger partial charge in [0, 0.05) is 19.6 Å². The Morgan fingerprint density at radius 3 is 2.67 bits per heavy atom. The second-order valence-electron chi connectivity index (χ2n) is 7.69. The van der Waals surface area contributed by atoms with Gasteiger partial charge in [-0.3, -0.25) is 4.90 Å². The van der Waals surface area contributed by atoms with E-state index < -0.39 is 10.0 Å². The maximum atomic E-state index is 13.1. The lowest BCUT2D eigenvalue weighted by Gasteiger charge is -2.26. The minimum absolute atomic E-state index is 0.201. The van der Waals surface area contributed by atoms with Gasteiger partial charge in [-0.1, -0.05) is 36.4 Å². The maximum Gasteiger partial charge on any atom is 0.246 e. The monoisotopic (exact) mass is 431 g/mol. The Morgan fingerprint density at radius 2 is 1.87 bits per heavy atom. The molecule has 1 fully saturated rings. The van der Waals surface area contributed by atoms with Gasteiger partial charge in [0.25, 0.3) is 0 Å². The number of fused-ring (bicyclic) bond motifs is 1. The first kappa shape index (κ1) is 21.1. The number of hydrogen-bond acceptors (Lipinski definition) is 6. The molecule has 1 atom stereocenters.